The van der Waals surface area contributed by atoms with Gasteiger partial charge in [-0.05, 0) is 125 Å². The third kappa shape index (κ3) is 3.74. The summed E-state index contributed by atoms with van der Waals surface area (Å²) in [4.78, 5) is 13.4. The van der Waals surface area contributed by atoms with E-state index in [1.165, 1.54) is 5.57 Å². The van der Waals surface area contributed by atoms with E-state index in [9.17, 15) is 20.1 Å². The third-order valence-electron chi connectivity index (χ3n) is 13.0. The van der Waals surface area contributed by atoms with E-state index < -0.39 is 11.2 Å². The van der Waals surface area contributed by atoms with Gasteiger partial charge in [0.25, 0.3) is 0 Å². The molecule has 0 radical (unpaired) electrons. The van der Waals surface area contributed by atoms with Crippen LogP contribution in [0.4, 0.5) is 0 Å². The fourth-order valence-electron chi connectivity index (χ4n) is 10.7. The molecule has 4 heteroatoms. The number of ketones is 1. The second kappa shape index (κ2) is 8.65. The van der Waals surface area contributed by atoms with E-state index >= 15 is 0 Å². The summed E-state index contributed by atoms with van der Waals surface area (Å²) >= 11 is 0. The monoisotopic (exact) mass is 502 g/mol. The van der Waals surface area contributed by atoms with Crippen LogP contribution < -0.4 is 0 Å². The van der Waals surface area contributed by atoms with Gasteiger partial charge in [-0.15, -0.1) is 0 Å². The molecule has 4 aliphatic rings. The highest BCUT2D eigenvalue weighted by atomic mass is 16.3. The average molecular weight is 503 g/mol. The van der Waals surface area contributed by atoms with E-state index in [-0.39, 0.29) is 51.3 Å². The van der Waals surface area contributed by atoms with Gasteiger partial charge >= 0.3 is 0 Å². The van der Waals surface area contributed by atoms with Crippen LogP contribution in [0.25, 0.3) is 0 Å². The zero-order valence-corrected chi connectivity index (χ0v) is 24.6. The first-order valence-electron chi connectivity index (χ1n) is 14.6. The number of Topliss-reactive ketones (excluding diaryl/α,β-unsaturated/α-hetero) is 1. The molecular formula is C32H54O4. The van der Waals surface area contributed by atoms with Gasteiger partial charge < -0.3 is 15.3 Å². The number of fused-ring (bicyclic) bond motifs is 5. The normalized spacial score (nSPS) is 49.3. The summed E-state index contributed by atoms with van der Waals surface area (Å²) in [5.74, 6) is 0.101. The topological polar surface area (TPSA) is 77.8 Å². The third-order valence-corrected chi connectivity index (χ3v) is 13.0. The Morgan fingerprint density at radius 3 is 2.14 bits per heavy atom. The average Bonchev–Trinajstić information content (AvgIpc) is 3.14. The molecule has 1 unspecified atom stereocenters. The standard InChI is InChI=1S/C32H54O4/c1-20(2)11-10-15-31(9,35)22-12-17-30(8)26(22)32(36,21(3)33)19-24-28(6)16-14-25(34)27(4,5)23(28)13-18-29(24,30)7/h11,22-26,34-36H,10,12-19H2,1-9H3/t22-,23?,24+,25-,26-,28-,29+,30-,31-,32-/m0/s1. The van der Waals surface area contributed by atoms with E-state index in [1.54, 1.807) is 6.92 Å². The van der Waals surface area contributed by atoms with Crippen LogP contribution in [0.1, 0.15) is 120 Å². The second-order valence-corrected chi connectivity index (χ2v) is 15.3. The van der Waals surface area contributed by atoms with E-state index in [1.807, 2.05) is 6.92 Å². The maximum absolute atomic E-state index is 13.4. The molecule has 4 nitrogen and oxygen atoms in total. The van der Waals surface area contributed by atoms with Crippen molar-refractivity contribution in [1.29, 1.82) is 0 Å². The molecule has 0 bridgehead atoms. The molecule has 36 heavy (non-hydrogen) atoms. The number of hydrogen-bond donors (Lipinski definition) is 3. The highest BCUT2D eigenvalue weighted by molar-refractivity contribution is 5.85. The predicted octanol–water partition coefficient (Wildman–Crippen LogP) is 6.46. The quantitative estimate of drug-likeness (QED) is 0.377. The minimum atomic E-state index is -1.42. The Bertz CT molecular complexity index is 915. The summed E-state index contributed by atoms with van der Waals surface area (Å²) in [7, 11) is 0. The van der Waals surface area contributed by atoms with Crippen molar-refractivity contribution in [3.63, 3.8) is 0 Å². The van der Waals surface area contributed by atoms with Crippen LogP contribution in [-0.2, 0) is 4.79 Å². The maximum atomic E-state index is 13.4. The van der Waals surface area contributed by atoms with Crippen molar-refractivity contribution in [2.75, 3.05) is 0 Å². The molecule has 4 rings (SSSR count). The molecule has 4 aliphatic carbocycles. The van der Waals surface area contributed by atoms with E-state index in [0.29, 0.717) is 18.8 Å². The number of hydrogen-bond acceptors (Lipinski definition) is 4. The number of carbonyl (C=O) groups is 1. The minimum absolute atomic E-state index is 0.0201. The second-order valence-electron chi connectivity index (χ2n) is 15.3. The number of carbonyl (C=O) groups excluding carboxylic acids is 1. The van der Waals surface area contributed by atoms with Crippen molar-refractivity contribution in [2.45, 2.75) is 137 Å². The Labute approximate surface area is 220 Å². The summed E-state index contributed by atoms with van der Waals surface area (Å²) in [6.45, 7) is 19.3. The van der Waals surface area contributed by atoms with Crippen LogP contribution in [-0.4, -0.2) is 38.4 Å². The van der Waals surface area contributed by atoms with Gasteiger partial charge in [-0.25, -0.2) is 0 Å². The largest absolute Gasteiger partial charge is 0.393 e. The van der Waals surface area contributed by atoms with E-state index in [0.717, 1.165) is 44.9 Å². The number of aliphatic hydroxyl groups is 3. The maximum Gasteiger partial charge on any atom is 0.161 e. The summed E-state index contributed by atoms with van der Waals surface area (Å²) < 4.78 is 0. The lowest BCUT2D eigenvalue weighted by Crippen LogP contribution is -2.71. The smallest absolute Gasteiger partial charge is 0.161 e. The van der Waals surface area contributed by atoms with Gasteiger partial charge in [-0.2, -0.15) is 0 Å². The Hall–Kier alpha value is -0.710. The lowest BCUT2D eigenvalue weighted by Gasteiger charge is -2.72. The molecule has 3 N–H and O–H groups in total. The summed E-state index contributed by atoms with van der Waals surface area (Å²) in [6.07, 6.45) is 9.48. The number of allylic oxidation sites excluding steroid dienone is 2. The molecule has 4 fully saturated rings. The molecule has 0 heterocycles. The Kier molecular flexibility index (Phi) is 6.80. The van der Waals surface area contributed by atoms with Gasteiger partial charge in [0.1, 0.15) is 5.60 Å². The minimum Gasteiger partial charge on any atom is -0.393 e. The highest BCUT2D eigenvalue weighted by Crippen LogP contribution is 2.77. The number of aliphatic hydroxyl groups excluding tert-OH is 1. The molecule has 0 saturated heterocycles. The van der Waals surface area contributed by atoms with Crippen molar-refractivity contribution in [3.8, 4) is 0 Å². The molecule has 0 aliphatic heterocycles. The van der Waals surface area contributed by atoms with Crippen molar-refractivity contribution in [1.82, 2.24) is 0 Å². The fraction of sp³-hybridized carbons (Fsp3) is 0.906. The van der Waals surface area contributed by atoms with Crippen LogP contribution in [0, 0.1) is 45.3 Å². The van der Waals surface area contributed by atoms with Crippen LogP contribution in [0.3, 0.4) is 0 Å². The summed E-state index contributed by atoms with van der Waals surface area (Å²) in [6, 6.07) is 0. The fourth-order valence-corrected chi connectivity index (χ4v) is 10.7. The molecule has 10 atom stereocenters. The molecule has 0 amide bonds. The van der Waals surface area contributed by atoms with Crippen LogP contribution in [0.5, 0.6) is 0 Å². The first-order valence-corrected chi connectivity index (χ1v) is 14.6. The van der Waals surface area contributed by atoms with E-state index in [2.05, 4.69) is 54.5 Å². The van der Waals surface area contributed by atoms with Gasteiger partial charge in [0.15, 0.2) is 5.78 Å². The van der Waals surface area contributed by atoms with Gasteiger partial charge in [0.2, 0.25) is 0 Å². The molecule has 0 spiro atoms. The molecule has 0 aromatic carbocycles. The zero-order valence-electron chi connectivity index (χ0n) is 24.6. The van der Waals surface area contributed by atoms with Crippen LogP contribution in [0.15, 0.2) is 11.6 Å². The highest BCUT2D eigenvalue weighted by Gasteiger charge is 2.75. The van der Waals surface area contributed by atoms with E-state index in [4.69, 9.17) is 0 Å². The van der Waals surface area contributed by atoms with Gasteiger partial charge in [0, 0.05) is 5.92 Å². The predicted molar refractivity (Wildman–Crippen MR) is 145 cm³/mol. The summed E-state index contributed by atoms with van der Waals surface area (Å²) in [5.41, 5.74) is -1.56. The Morgan fingerprint density at radius 1 is 0.944 bits per heavy atom. The first kappa shape index (κ1) is 28.3. The van der Waals surface area contributed by atoms with Crippen molar-refractivity contribution >= 4 is 5.78 Å². The Morgan fingerprint density at radius 2 is 1.56 bits per heavy atom. The molecule has 4 saturated carbocycles. The Balaban J connectivity index is 1.79. The van der Waals surface area contributed by atoms with Crippen LogP contribution in [0.2, 0.25) is 0 Å². The zero-order chi connectivity index (χ0) is 27.1. The van der Waals surface area contributed by atoms with Gasteiger partial charge in [-0.3, -0.25) is 4.79 Å². The van der Waals surface area contributed by atoms with Gasteiger partial charge in [-0.1, -0.05) is 46.3 Å². The van der Waals surface area contributed by atoms with Crippen molar-refractivity contribution in [2.24, 2.45) is 45.3 Å². The summed E-state index contributed by atoms with van der Waals surface area (Å²) in [5, 5.41) is 35.2. The number of rotatable bonds is 5. The lowest BCUT2D eigenvalue weighted by atomic mass is 9.33. The molecule has 206 valence electrons. The van der Waals surface area contributed by atoms with Crippen LogP contribution >= 0.6 is 0 Å². The van der Waals surface area contributed by atoms with Crippen molar-refractivity contribution < 1.29 is 20.1 Å². The molecule has 0 aromatic rings. The van der Waals surface area contributed by atoms with Gasteiger partial charge in [0.05, 0.1) is 11.7 Å². The molecular weight excluding hydrogens is 448 g/mol. The first-order chi connectivity index (χ1) is 16.4. The van der Waals surface area contributed by atoms with Crippen molar-refractivity contribution in [3.05, 3.63) is 11.6 Å². The lowest BCUT2D eigenvalue weighted by molar-refractivity contribution is -0.266. The SMILES string of the molecule is CC(=O)[C@@]1(O)C[C@@H]2[C@@]3(C)CC[C@H](O)C(C)(C)C3CC[C@@]2(C)[C@@]2(C)CC[C@H]([C@@](C)(O)CCC=C(C)C)[C@@H]21. The molecule has 0 aromatic heterocycles.